The molecule has 3 aromatic heterocycles. The lowest BCUT2D eigenvalue weighted by atomic mass is 10.3. The fourth-order valence-electron chi connectivity index (χ4n) is 2.08. The molecule has 0 saturated carbocycles. The number of rotatable bonds is 6. The summed E-state index contributed by atoms with van der Waals surface area (Å²) in [4.78, 5) is 1.00. The molecule has 122 valence electrons. The molecular formula is C15H17N3O3S2. The van der Waals surface area contributed by atoms with Gasteiger partial charge in [-0.3, -0.25) is 4.68 Å². The molecule has 0 aliphatic rings. The monoisotopic (exact) mass is 351 g/mol. The summed E-state index contributed by atoms with van der Waals surface area (Å²) < 4.78 is 34.7. The van der Waals surface area contributed by atoms with Crippen molar-refractivity contribution >= 4 is 21.4 Å². The van der Waals surface area contributed by atoms with Gasteiger partial charge in [-0.05, 0) is 37.4 Å². The van der Waals surface area contributed by atoms with Gasteiger partial charge in [0.25, 0.3) is 0 Å². The molecule has 0 spiro atoms. The van der Waals surface area contributed by atoms with Gasteiger partial charge < -0.3 is 4.42 Å². The van der Waals surface area contributed by atoms with Crippen LogP contribution in [0, 0.1) is 0 Å². The van der Waals surface area contributed by atoms with Crippen LogP contribution in [0.1, 0.15) is 25.6 Å². The second-order valence-corrected chi connectivity index (χ2v) is 7.98. The van der Waals surface area contributed by atoms with Crippen LogP contribution in [0.15, 0.2) is 51.4 Å². The van der Waals surface area contributed by atoms with Gasteiger partial charge in [-0.15, -0.1) is 11.3 Å². The maximum absolute atomic E-state index is 12.7. The number of thiophene rings is 1. The first-order valence-electron chi connectivity index (χ1n) is 7.12. The molecule has 0 saturated heterocycles. The van der Waals surface area contributed by atoms with Crippen LogP contribution < -0.4 is 4.72 Å². The third kappa shape index (κ3) is 3.39. The fraction of sp³-hybridized carbons (Fsp3) is 0.267. The summed E-state index contributed by atoms with van der Waals surface area (Å²) in [6.07, 6.45) is 3.09. The van der Waals surface area contributed by atoms with Crippen molar-refractivity contribution in [2.45, 2.75) is 31.3 Å². The fourth-order valence-corrected chi connectivity index (χ4v) is 4.00. The van der Waals surface area contributed by atoms with Crippen molar-refractivity contribution in [2.75, 3.05) is 0 Å². The first-order chi connectivity index (χ1) is 11.0. The zero-order valence-electron chi connectivity index (χ0n) is 12.8. The van der Waals surface area contributed by atoms with Gasteiger partial charge in [0.1, 0.15) is 16.3 Å². The molecule has 0 aromatic carbocycles. The van der Waals surface area contributed by atoms with Gasteiger partial charge in [0.2, 0.25) is 10.0 Å². The average molecular weight is 351 g/mol. The van der Waals surface area contributed by atoms with Gasteiger partial charge in [-0.1, -0.05) is 6.07 Å². The maximum atomic E-state index is 12.7. The topological polar surface area (TPSA) is 77.1 Å². The Morgan fingerprint density at radius 1 is 1.35 bits per heavy atom. The van der Waals surface area contributed by atoms with Crippen molar-refractivity contribution in [1.29, 1.82) is 0 Å². The molecule has 0 radical (unpaired) electrons. The van der Waals surface area contributed by atoms with Gasteiger partial charge in [-0.2, -0.15) is 5.10 Å². The second-order valence-electron chi connectivity index (χ2n) is 5.30. The van der Waals surface area contributed by atoms with Crippen molar-refractivity contribution in [3.05, 3.63) is 47.9 Å². The van der Waals surface area contributed by atoms with Crippen molar-refractivity contribution in [1.82, 2.24) is 14.5 Å². The number of hydrogen-bond donors (Lipinski definition) is 1. The highest BCUT2D eigenvalue weighted by Crippen LogP contribution is 2.30. The summed E-state index contributed by atoms with van der Waals surface area (Å²) in [5, 5.41) is 6.35. The van der Waals surface area contributed by atoms with E-state index in [0.717, 1.165) is 4.88 Å². The molecule has 8 heteroatoms. The highest BCUT2D eigenvalue weighted by Gasteiger charge is 2.25. The van der Waals surface area contributed by atoms with E-state index in [2.05, 4.69) is 9.82 Å². The Bertz CT molecular complexity index is 863. The van der Waals surface area contributed by atoms with Crippen molar-refractivity contribution in [3.8, 4) is 10.6 Å². The molecule has 0 aliphatic heterocycles. The zero-order chi connectivity index (χ0) is 16.4. The summed E-state index contributed by atoms with van der Waals surface area (Å²) >= 11 is 1.46. The summed E-state index contributed by atoms with van der Waals surface area (Å²) in [6, 6.07) is 7.25. The highest BCUT2D eigenvalue weighted by molar-refractivity contribution is 7.89. The Morgan fingerprint density at radius 3 is 2.78 bits per heavy atom. The molecule has 0 amide bonds. The largest absolute Gasteiger partial charge is 0.468 e. The van der Waals surface area contributed by atoms with Gasteiger partial charge in [0, 0.05) is 12.2 Å². The first-order valence-corrected chi connectivity index (χ1v) is 9.49. The number of sulfonamides is 1. The molecule has 23 heavy (non-hydrogen) atoms. The minimum Gasteiger partial charge on any atom is -0.468 e. The van der Waals surface area contributed by atoms with Crippen LogP contribution in [-0.4, -0.2) is 18.2 Å². The predicted octanol–water partition coefficient (Wildman–Crippen LogP) is 3.26. The number of nitrogens with zero attached hydrogens (tertiary/aromatic N) is 2. The van der Waals surface area contributed by atoms with E-state index in [-0.39, 0.29) is 17.5 Å². The molecule has 6 nitrogen and oxygen atoms in total. The van der Waals surface area contributed by atoms with Crippen molar-refractivity contribution in [2.24, 2.45) is 0 Å². The summed E-state index contributed by atoms with van der Waals surface area (Å²) in [6.45, 7) is 4.02. The van der Waals surface area contributed by atoms with E-state index in [1.165, 1.54) is 17.6 Å². The number of nitrogens with one attached hydrogen (secondary N) is 1. The lowest BCUT2D eigenvalue weighted by molar-refractivity contribution is 0.498. The third-order valence-electron chi connectivity index (χ3n) is 3.29. The van der Waals surface area contributed by atoms with Crippen molar-refractivity contribution < 1.29 is 12.8 Å². The van der Waals surface area contributed by atoms with Crippen LogP contribution in [0.4, 0.5) is 0 Å². The van der Waals surface area contributed by atoms with Gasteiger partial charge >= 0.3 is 0 Å². The highest BCUT2D eigenvalue weighted by atomic mass is 32.2. The van der Waals surface area contributed by atoms with Crippen LogP contribution in [0.3, 0.4) is 0 Å². The molecule has 0 atom stereocenters. The quantitative estimate of drug-likeness (QED) is 0.739. The van der Waals surface area contributed by atoms with Crippen LogP contribution >= 0.6 is 11.3 Å². The zero-order valence-corrected chi connectivity index (χ0v) is 14.4. The smallest absolute Gasteiger partial charge is 0.244 e. The minimum atomic E-state index is -3.69. The van der Waals surface area contributed by atoms with Crippen LogP contribution in [0.25, 0.3) is 10.6 Å². The minimum absolute atomic E-state index is 0.0720. The Balaban J connectivity index is 1.96. The molecule has 1 N–H and O–H groups in total. The van der Waals surface area contributed by atoms with Crippen LogP contribution in [0.2, 0.25) is 0 Å². The Hall–Kier alpha value is -1.90. The Kier molecular flexibility index (Phi) is 4.38. The van der Waals surface area contributed by atoms with Gasteiger partial charge in [0.15, 0.2) is 0 Å². The molecule has 0 fully saturated rings. The van der Waals surface area contributed by atoms with Crippen molar-refractivity contribution in [3.63, 3.8) is 0 Å². The van der Waals surface area contributed by atoms with E-state index in [0.29, 0.717) is 11.5 Å². The molecule has 0 bridgehead atoms. The molecule has 3 aromatic rings. The van der Waals surface area contributed by atoms with E-state index in [1.807, 2.05) is 31.4 Å². The Labute approximate surface area is 138 Å². The Morgan fingerprint density at radius 2 is 2.17 bits per heavy atom. The van der Waals surface area contributed by atoms with Gasteiger partial charge in [0.05, 0.1) is 17.7 Å². The molecular weight excluding hydrogens is 334 g/mol. The standard InChI is InChI=1S/C15H17N3O3S2/c1-11(2)18-10-14(15(17-18)13-6-4-8-22-13)23(19,20)16-9-12-5-3-7-21-12/h3-8,10-11,16H,9H2,1-2H3. The second kappa shape index (κ2) is 6.31. The summed E-state index contributed by atoms with van der Waals surface area (Å²) in [5.74, 6) is 0.558. The maximum Gasteiger partial charge on any atom is 0.244 e. The van der Waals surface area contributed by atoms with E-state index in [1.54, 1.807) is 23.0 Å². The molecule has 3 heterocycles. The average Bonchev–Trinajstić information content (AvgIpc) is 3.23. The SMILES string of the molecule is CC(C)n1cc(S(=O)(=O)NCc2ccco2)c(-c2cccs2)n1. The third-order valence-corrected chi connectivity index (χ3v) is 5.57. The van der Waals surface area contributed by atoms with Crippen LogP contribution in [-0.2, 0) is 16.6 Å². The number of furan rings is 1. The lowest BCUT2D eigenvalue weighted by Gasteiger charge is -2.04. The summed E-state index contributed by atoms with van der Waals surface area (Å²) in [7, 11) is -3.69. The molecule has 0 unspecified atom stereocenters. The van der Waals surface area contributed by atoms with E-state index < -0.39 is 10.0 Å². The number of hydrogen-bond acceptors (Lipinski definition) is 5. The van der Waals surface area contributed by atoms with E-state index in [4.69, 9.17) is 4.42 Å². The molecule has 3 rings (SSSR count). The summed E-state index contributed by atoms with van der Waals surface area (Å²) in [5.41, 5.74) is 0.473. The van der Waals surface area contributed by atoms with Crippen LogP contribution in [0.5, 0.6) is 0 Å². The predicted molar refractivity (Wildman–Crippen MR) is 88.7 cm³/mol. The van der Waals surface area contributed by atoms with Gasteiger partial charge in [-0.25, -0.2) is 13.1 Å². The lowest BCUT2D eigenvalue weighted by Crippen LogP contribution is -2.23. The number of aromatic nitrogens is 2. The first kappa shape index (κ1) is 16.0. The normalized spacial score (nSPS) is 12.1. The van der Waals surface area contributed by atoms with E-state index >= 15 is 0 Å². The molecule has 0 aliphatic carbocycles. The van der Waals surface area contributed by atoms with E-state index in [9.17, 15) is 8.42 Å².